The van der Waals surface area contributed by atoms with Crippen LogP contribution in [0.25, 0.3) is 10.9 Å². The summed E-state index contributed by atoms with van der Waals surface area (Å²) in [5.41, 5.74) is 2.90. The third-order valence-electron chi connectivity index (χ3n) is 4.64. The average molecular weight is 406 g/mol. The first-order valence-electron chi connectivity index (χ1n) is 9.14. The second kappa shape index (κ2) is 8.34. The van der Waals surface area contributed by atoms with E-state index in [1.165, 1.54) is 6.20 Å². The Bertz CT molecular complexity index is 1160. The number of nitrogens with one attached hydrogen (secondary N) is 1. The number of hydrogen-bond donors (Lipinski definition) is 1. The van der Waals surface area contributed by atoms with E-state index in [9.17, 15) is 10.1 Å². The number of carbonyl (C=O) groups is 1. The van der Waals surface area contributed by atoms with Crippen molar-refractivity contribution in [3.63, 3.8) is 0 Å². The summed E-state index contributed by atoms with van der Waals surface area (Å²) in [6.07, 6.45) is 3.94. The van der Waals surface area contributed by atoms with Gasteiger partial charge in [0.1, 0.15) is 0 Å². The topological polar surface area (TPSA) is 83.6 Å². The van der Waals surface area contributed by atoms with Gasteiger partial charge in [-0.15, -0.1) is 0 Å². The minimum absolute atomic E-state index is 0.352. The van der Waals surface area contributed by atoms with Crippen molar-refractivity contribution in [2.75, 3.05) is 11.9 Å². The largest absolute Gasteiger partial charge is 0.373 e. The van der Waals surface area contributed by atoms with Gasteiger partial charge >= 0.3 is 0 Å². The first-order valence-corrected chi connectivity index (χ1v) is 9.52. The molecule has 146 valence electrons. The molecule has 0 atom stereocenters. The highest BCUT2D eigenvalue weighted by molar-refractivity contribution is 6.34. The van der Waals surface area contributed by atoms with Gasteiger partial charge in [0, 0.05) is 23.7 Å². The van der Waals surface area contributed by atoms with Gasteiger partial charge in [0.25, 0.3) is 0 Å². The summed E-state index contributed by atoms with van der Waals surface area (Å²) in [5, 5.41) is 13.5. The van der Waals surface area contributed by atoms with Crippen molar-refractivity contribution in [1.29, 1.82) is 5.26 Å². The minimum Gasteiger partial charge on any atom is -0.373 e. The number of hydrogen-bond acceptors (Lipinski definition) is 5. The highest BCUT2D eigenvalue weighted by Crippen LogP contribution is 2.27. The first kappa shape index (κ1) is 20.4. The lowest BCUT2D eigenvalue weighted by Crippen LogP contribution is -2.15. The molecule has 29 heavy (non-hydrogen) atoms. The maximum absolute atomic E-state index is 11.3. The van der Waals surface area contributed by atoms with E-state index in [0.717, 1.165) is 34.3 Å². The van der Waals surface area contributed by atoms with Crippen molar-refractivity contribution in [3.8, 4) is 17.9 Å². The number of fused-ring (bicyclic) bond motifs is 1. The van der Waals surface area contributed by atoms with Crippen LogP contribution in [0.1, 0.15) is 42.5 Å². The van der Waals surface area contributed by atoms with Crippen LogP contribution in [0.2, 0.25) is 5.15 Å². The van der Waals surface area contributed by atoms with Gasteiger partial charge in [-0.3, -0.25) is 9.78 Å². The molecule has 0 amide bonds. The first-order chi connectivity index (χ1) is 13.9. The molecule has 6 nitrogen and oxygen atoms in total. The van der Waals surface area contributed by atoms with Gasteiger partial charge in [0.2, 0.25) is 0 Å². The molecule has 0 aromatic carbocycles. The highest BCUT2D eigenvalue weighted by Gasteiger charge is 2.20. The van der Waals surface area contributed by atoms with E-state index in [1.807, 2.05) is 43.5 Å². The number of rotatable bonds is 5. The number of nitriles is 1. The number of nitrogens with zero attached hydrogens (tertiary/aromatic N) is 4. The molecule has 0 aliphatic heterocycles. The van der Waals surface area contributed by atoms with E-state index in [2.05, 4.69) is 33.2 Å². The quantitative estimate of drug-likeness (QED) is 0.391. The molecule has 0 unspecified atom stereocenters. The van der Waals surface area contributed by atoms with E-state index < -0.39 is 5.41 Å². The minimum atomic E-state index is -0.623. The Balaban J connectivity index is 1.79. The summed E-state index contributed by atoms with van der Waals surface area (Å²) >= 11 is 6.24. The van der Waals surface area contributed by atoms with E-state index in [1.54, 1.807) is 6.20 Å². The van der Waals surface area contributed by atoms with Crippen LogP contribution in [0.5, 0.6) is 0 Å². The maximum atomic E-state index is 11.3. The smallest absolute Gasteiger partial charge is 0.153 e. The molecular weight excluding hydrogens is 386 g/mol. The van der Waals surface area contributed by atoms with Crippen LogP contribution < -0.4 is 5.32 Å². The van der Waals surface area contributed by atoms with Crippen LogP contribution in [-0.2, 0) is 12.0 Å². The number of halogens is 1. The maximum Gasteiger partial charge on any atom is 0.153 e. The molecule has 7 heteroatoms. The lowest BCUT2D eigenvalue weighted by Gasteiger charge is -2.14. The predicted molar refractivity (Wildman–Crippen MR) is 114 cm³/mol. The van der Waals surface area contributed by atoms with Crippen molar-refractivity contribution in [2.24, 2.45) is 0 Å². The lowest BCUT2D eigenvalue weighted by atomic mass is 9.91. The SMILES string of the molecule is CCn1c(C#CCNc2ccc(C(C)(C)C#N)nc2)cc2c(C=O)cnc(Cl)c21. The number of aldehydes is 1. The Hall–Kier alpha value is -3.35. The monoisotopic (exact) mass is 405 g/mol. The van der Waals surface area contributed by atoms with Crippen LogP contribution >= 0.6 is 11.6 Å². The van der Waals surface area contributed by atoms with E-state index in [0.29, 0.717) is 23.8 Å². The van der Waals surface area contributed by atoms with Crippen LogP contribution in [0.3, 0.4) is 0 Å². The van der Waals surface area contributed by atoms with Crippen LogP contribution in [0.4, 0.5) is 5.69 Å². The third kappa shape index (κ3) is 4.08. The standard InChI is InChI=1S/C22H20ClN5O/c1-4-28-17(10-18-15(13-29)11-27-21(23)20(18)28)6-5-9-25-16-7-8-19(26-12-16)22(2,3)14-24/h7-8,10-13,25H,4,9H2,1-3H3. The molecule has 0 aliphatic carbocycles. The fourth-order valence-electron chi connectivity index (χ4n) is 2.98. The van der Waals surface area contributed by atoms with Gasteiger partial charge in [-0.25, -0.2) is 4.98 Å². The summed E-state index contributed by atoms with van der Waals surface area (Å²) in [5.74, 6) is 6.22. The number of aryl methyl sites for hydroxylation is 1. The van der Waals surface area contributed by atoms with Gasteiger partial charge in [-0.05, 0) is 44.9 Å². The Morgan fingerprint density at radius 3 is 2.72 bits per heavy atom. The van der Waals surface area contributed by atoms with Crippen molar-refractivity contribution >= 4 is 34.5 Å². The van der Waals surface area contributed by atoms with E-state index in [4.69, 9.17) is 11.6 Å². The van der Waals surface area contributed by atoms with Gasteiger partial charge < -0.3 is 9.88 Å². The molecule has 0 fully saturated rings. The van der Waals surface area contributed by atoms with Crippen LogP contribution in [-0.4, -0.2) is 27.4 Å². The zero-order chi connectivity index (χ0) is 21.0. The van der Waals surface area contributed by atoms with E-state index >= 15 is 0 Å². The summed E-state index contributed by atoms with van der Waals surface area (Å²) in [6.45, 7) is 6.73. The summed E-state index contributed by atoms with van der Waals surface area (Å²) < 4.78 is 1.95. The predicted octanol–water partition coefficient (Wildman–Crippen LogP) is 4.18. The van der Waals surface area contributed by atoms with Gasteiger partial charge in [-0.1, -0.05) is 17.5 Å². The molecule has 1 N–H and O–H groups in total. The van der Waals surface area contributed by atoms with Crippen molar-refractivity contribution in [1.82, 2.24) is 14.5 Å². The number of pyridine rings is 2. The molecule has 3 aromatic heterocycles. The normalized spacial score (nSPS) is 10.9. The van der Waals surface area contributed by atoms with E-state index in [-0.39, 0.29) is 0 Å². The van der Waals surface area contributed by atoms with Crippen molar-refractivity contribution in [3.05, 3.63) is 52.7 Å². The number of anilines is 1. The molecule has 3 heterocycles. The number of aromatic nitrogens is 3. The molecule has 3 aromatic rings. The summed E-state index contributed by atoms with van der Waals surface area (Å²) in [4.78, 5) is 19.7. The fourth-order valence-corrected chi connectivity index (χ4v) is 3.23. The summed E-state index contributed by atoms with van der Waals surface area (Å²) in [6, 6.07) is 7.82. The molecule has 0 aliphatic rings. The molecule has 3 rings (SSSR count). The second-order valence-corrected chi connectivity index (χ2v) is 7.34. The number of carbonyl (C=O) groups excluding carboxylic acids is 1. The fraction of sp³-hybridized carbons (Fsp3) is 0.273. The molecular formula is C22H20ClN5O. The summed E-state index contributed by atoms with van der Waals surface area (Å²) in [7, 11) is 0. The Morgan fingerprint density at radius 2 is 2.10 bits per heavy atom. The van der Waals surface area contributed by atoms with Gasteiger partial charge in [0.05, 0.1) is 46.8 Å². The molecule has 0 saturated heterocycles. The van der Waals surface area contributed by atoms with Crippen LogP contribution in [0, 0.1) is 23.2 Å². The Labute approximate surface area is 174 Å². The molecule has 0 saturated carbocycles. The highest BCUT2D eigenvalue weighted by atomic mass is 35.5. The second-order valence-electron chi connectivity index (χ2n) is 6.98. The zero-order valence-electron chi connectivity index (χ0n) is 16.5. The Morgan fingerprint density at radius 1 is 1.31 bits per heavy atom. The Kier molecular flexibility index (Phi) is 5.87. The third-order valence-corrected chi connectivity index (χ3v) is 4.92. The molecule has 0 spiro atoms. The average Bonchev–Trinajstić information content (AvgIpc) is 3.11. The molecule has 0 radical (unpaired) electrons. The van der Waals surface area contributed by atoms with Gasteiger partial charge in [0.15, 0.2) is 11.4 Å². The van der Waals surface area contributed by atoms with Gasteiger partial charge in [-0.2, -0.15) is 5.26 Å². The van der Waals surface area contributed by atoms with Crippen molar-refractivity contribution in [2.45, 2.75) is 32.7 Å². The van der Waals surface area contributed by atoms with Crippen molar-refractivity contribution < 1.29 is 4.79 Å². The lowest BCUT2D eigenvalue weighted by molar-refractivity contribution is 0.112. The zero-order valence-corrected chi connectivity index (χ0v) is 17.2. The molecule has 0 bridgehead atoms. The van der Waals surface area contributed by atoms with Crippen LogP contribution in [0.15, 0.2) is 30.6 Å².